The molecule has 0 aromatic carbocycles. The van der Waals surface area contributed by atoms with Crippen LogP contribution in [0.3, 0.4) is 0 Å². The van der Waals surface area contributed by atoms with Crippen molar-refractivity contribution in [2.45, 2.75) is 32.6 Å². The standard InChI is InChI=1S/C13H20ClN3O/c1-9-6-12(17-13(14)16-9)15-7-10-4-2-3-5-11(10)8-18/h6,10-11,18H,2-5,7-8H2,1H3,(H,15,16,17). The Morgan fingerprint density at radius 1 is 1.33 bits per heavy atom. The Morgan fingerprint density at radius 2 is 2.06 bits per heavy atom. The smallest absolute Gasteiger partial charge is 0.224 e. The lowest BCUT2D eigenvalue weighted by atomic mass is 9.79. The molecule has 1 saturated carbocycles. The maximum atomic E-state index is 9.37. The fraction of sp³-hybridized carbons (Fsp3) is 0.692. The van der Waals surface area contributed by atoms with Crippen molar-refractivity contribution >= 4 is 17.4 Å². The number of nitrogens with one attached hydrogen (secondary N) is 1. The van der Waals surface area contributed by atoms with Crippen LogP contribution in [0.4, 0.5) is 5.82 Å². The Kier molecular flexibility index (Phi) is 4.78. The maximum Gasteiger partial charge on any atom is 0.224 e. The predicted octanol–water partition coefficient (Wildman–Crippen LogP) is 2.65. The lowest BCUT2D eigenvalue weighted by Gasteiger charge is -2.30. The van der Waals surface area contributed by atoms with Crippen molar-refractivity contribution in [1.82, 2.24) is 9.97 Å². The first kappa shape index (κ1) is 13.6. The highest BCUT2D eigenvalue weighted by atomic mass is 35.5. The van der Waals surface area contributed by atoms with Gasteiger partial charge in [0.15, 0.2) is 0 Å². The van der Waals surface area contributed by atoms with Gasteiger partial charge in [0.25, 0.3) is 0 Å². The highest BCUT2D eigenvalue weighted by Gasteiger charge is 2.24. The third kappa shape index (κ3) is 3.56. The molecular formula is C13H20ClN3O. The van der Waals surface area contributed by atoms with Crippen LogP contribution >= 0.6 is 11.6 Å². The van der Waals surface area contributed by atoms with Gasteiger partial charge in [-0.05, 0) is 43.2 Å². The van der Waals surface area contributed by atoms with Crippen molar-refractivity contribution in [2.24, 2.45) is 11.8 Å². The number of aryl methyl sites for hydroxylation is 1. The molecule has 0 spiro atoms. The molecule has 0 saturated heterocycles. The van der Waals surface area contributed by atoms with Gasteiger partial charge < -0.3 is 10.4 Å². The van der Waals surface area contributed by atoms with E-state index in [1.807, 2.05) is 13.0 Å². The molecule has 18 heavy (non-hydrogen) atoms. The summed E-state index contributed by atoms with van der Waals surface area (Å²) in [4.78, 5) is 8.18. The first-order valence-electron chi connectivity index (χ1n) is 6.55. The van der Waals surface area contributed by atoms with Crippen molar-refractivity contribution in [1.29, 1.82) is 0 Å². The third-order valence-corrected chi connectivity index (χ3v) is 3.84. The molecule has 5 heteroatoms. The summed E-state index contributed by atoms with van der Waals surface area (Å²) in [5, 5.41) is 13.0. The van der Waals surface area contributed by atoms with Crippen LogP contribution in [0.1, 0.15) is 31.4 Å². The van der Waals surface area contributed by atoms with E-state index >= 15 is 0 Å². The van der Waals surface area contributed by atoms with Crippen LogP contribution in [0.15, 0.2) is 6.07 Å². The van der Waals surface area contributed by atoms with E-state index < -0.39 is 0 Å². The molecule has 4 nitrogen and oxygen atoms in total. The first-order chi connectivity index (χ1) is 8.69. The zero-order chi connectivity index (χ0) is 13.0. The van der Waals surface area contributed by atoms with E-state index in [0.717, 1.165) is 24.5 Å². The number of nitrogens with zero attached hydrogens (tertiary/aromatic N) is 2. The van der Waals surface area contributed by atoms with Crippen molar-refractivity contribution in [3.63, 3.8) is 0 Å². The molecule has 2 unspecified atom stereocenters. The molecule has 100 valence electrons. The number of anilines is 1. The molecule has 1 aliphatic carbocycles. The van der Waals surface area contributed by atoms with E-state index in [-0.39, 0.29) is 11.9 Å². The predicted molar refractivity (Wildman–Crippen MR) is 72.8 cm³/mol. The summed E-state index contributed by atoms with van der Waals surface area (Å²) in [6.07, 6.45) is 4.80. The molecule has 1 aliphatic rings. The van der Waals surface area contributed by atoms with Crippen LogP contribution < -0.4 is 5.32 Å². The van der Waals surface area contributed by atoms with Crippen LogP contribution in [0.2, 0.25) is 5.28 Å². The molecule has 1 heterocycles. The monoisotopic (exact) mass is 269 g/mol. The molecule has 1 fully saturated rings. The summed E-state index contributed by atoms with van der Waals surface area (Å²) >= 11 is 5.83. The summed E-state index contributed by atoms with van der Waals surface area (Å²) in [7, 11) is 0. The third-order valence-electron chi connectivity index (χ3n) is 3.67. The first-order valence-corrected chi connectivity index (χ1v) is 6.92. The number of halogens is 1. The maximum absolute atomic E-state index is 9.37. The second-order valence-electron chi connectivity index (χ2n) is 5.03. The lowest BCUT2D eigenvalue weighted by molar-refractivity contribution is 0.141. The van der Waals surface area contributed by atoms with Gasteiger partial charge in [-0.1, -0.05) is 12.8 Å². The molecule has 2 N–H and O–H groups in total. The second kappa shape index (κ2) is 6.34. The zero-order valence-corrected chi connectivity index (χ0v) is 11.5. The quantitative estimate of drug-likeness (QED) is 0.825. The van der Waals surface area contributed by atoms with E-state index in [4.69, 9.17) is 11.6 Å². The van der Waals surface area contributed by atoms with E-state index in [1.165, 1.54) is 19.3 Å². The average Bonchev–Trinajstić information content (AvgIpc) is 2.35. The highest BCUT2D eigenvalue weighted by molar-refractivity contribution is 6.28. The minimum atomic E-state index is 0.278. The molecule has 0 amide bonds. The summed E-state index contributed by atoms with van der Waals surface area (Å²) < 4.78 is 0. The van der Waals surface area contributed by atoms with Gasteiger partial charge in [0.2, 0.25) is 5.28 Å². The number of hydrogen-bond donors (Lipinski definition) is 2. The van der Waals surface area contributed by atoms with Crippen LogP contribution in [0.5, 0.6) is 0 Å². The molecular weight excluding hydrogens is 250 g/mol. The minimum Gasteiger partial charge on any atom is -0.396 e. The number of hydrogen-bond acceptors (Lipinski definition) is 4. The Morgan fingerprint density at radius 3 is 2.72 bits per heavy atom. The van der Waals surface area contributed by atoms with Gasteiger partial charge in [-0.3, -0.25) is 0 Å². The summed E-state index contributed by atoms with van der Waals surface area (Å²) in [6, 6.07) is 1.89. The summed E-state index contributed by atoms with van der Waals surface area (Å²) in [5.41, 5.74) is 0.861. The van der Waals surface area contributed by atoms with Gasteiger partial charge in [-0.25, -0.2) is 9.97 Å². The average molecular weight is 270 g/mol. The summed E-state index contributed by atoms with van der Waals surface area (Å²) in [6.45, 7) is 3.03. The molecule has 0 aliphatic heterocycles. The Balaban J connectivity index is 1.93. The number of aliphatic hydroxyl groups excluding tert-OH is 1. The Bertz CT molecular complexity index is 380. The fourth-order valence-corrected chi connectivity index (χ4v) is 2.88. The largest absolute Gasteiger partial charge is 0.396 e. The number of aromatic nitrogens is 2. The van der Waals surface area contributed by atoms with Gasteiger partial charge in [-0.15, -0.1) is 0 Å². The molecule has 1 aromatic heterocycles. The molecule has 0 bridgehead atoms. The fourth-order valence-electron chi connectivity index (χ4n) is 2.65. The van der Waals surface area contributed by atoms with Crippen LogP contribution in [-0.4, -0.2) is 28.2 Å². The lowest BCUT2D eigenvalue weighted by Crippen LogP contribution is -2.28. The molecule has 2 rings (SSSR count). The van der Waals surface area contributed by atoms with E-state index in [9.17, 15) is 5.11 Å². The van der Waals surface area contributed by atoms with Crippen LogP contribution in [0.25, 0.3) is 0 Å². The van der Waals surface area contributed by atoms with Crippen molar-refractivity contribution in [3.05, 3.63) is 17.0 Å². The van der Waals surface area contributed by atoms with Crippen LogP contribution in [-0.2, 0) is 0 Å². The van der Waals surface area contributed by atoms with Crippen molar-refractivity contribution in [3.8, 4) is 0 Å². The Hall–Kier alpha value is -0.870. The zero-order valence-electron chi connectivity index (χ0n) is 10.7. The molecule has 1 aromatic rings. The number of rotatable bonds is 4. The van der Waals surface area contributed by atoms with Gasteiger partial charge >= 0.3 is 0 Å². The Labute approximate surface area is 113 Å². The highest BCUT2D eigenvalue weighted by Crippen LogP contribution is 2.29. The minimum absolute atomic E-state index is 0.278. The van der Waals surface area contributed by atoms with E-state index in [1.54, 1.807) is 0 Å². The van der Waals surface area contributed by atoms with Gasteiger partial charge in [0.05, 0.1) is 0 Å². The second-order valence-corrected chi connectivity index (χ2v) is 5.37. The normalized spacial score (nSPS) is 23.9. The topological polar surface area (TPSA) is 58.0 Å². The number of aliphatic hydroxyl groups is 1. The van der Waals surface area contributed by atoms with Gasteiger partial charge in [-0.2, -0.15) is 0 Å². The SMILES string of the molecule is Cc1cc(NCC2CCCCC2CO)nc(Cl)n1. The van der Waals surface area contributed by atoms with Crippen LogP contribution in [0, 0.1) is 18.8 Å². The van der Waals surface area contributed by atoms with E-state index in [0.29, 0.717) is 11.8 Å². The van der Waals surface area contributed by atoms with Gasteiger partial charge in [0, 0.05) is 24.9 Å². The molecule has 0 radical (unpaired) electrons. The summed E-state index contributed by atoms with van der Waals surface area (Å²) in [5.74, 6) is 1.72. The van der Waals surface area contributed by atoms with Crippen molar-refractivity contribution < 1.29 is 5.11 Å². The molecule has 2 atom stereocenters. The van der Waals surface area contributed by atoms with Crippen molar-refractivity contribution in [2.75, 3.05) is 18.5 Å². The van der Waals surface area contributed by atoms with Gasteiger partial charge in [0.1, 0.15) is 5.82 Å². The van der Waals surface area contributed by atoms with E-state index in [2.05, 4.69) is 15.3 Å².